The van der Waals surface area contributed by atoms with Gasteiger partial charge in [0.25, 0.3) is 0 Å². The monoisotopic (exact) mass is 416 g/mol. The SMILES string of the molecule is C[C@H](CCC(O)C1(C)CO1)[C@H]1CC[C@H]2[C@@H]3CC=C4C[C@@H](O)CC[C@]4(C)[C@H]3CC[C@]12C. The fourth-order valence-electron chi connectivity index (χ4n) is 8.85. The maximum absolute atomic E-state index is 10.5. The van der Waals surface area contributed by atoms with Crippen LogP contribution in [0.2, 0.25) is 0 Å². The van der Waals surface area contributed by atoms with Gasteiger partial charge in [-0.25, -0.2) is 0 Å². The van der Waals surface area contributed by atoms with E-state index in [1.807, 2.05) is 6.92 Å². The van der Waals surface area contributed by atoms with Crippen molar-refractivity contribution < 1.29 is 14.9 Å². The van der Waals surface area contributed by atoms with Crippen molar-refractivity contribution in [3.8, 4) is 0 Å². The largest absolute Gasteiger partial charge is 0.393 e. The number of ether oxygens (including phenoxy) is 1. The Morgan fingerprint density at radius 3 is 2.57 bits per heavy atom. The van der Waals surface area contributed by atoms with Crippen LogP contribution in [-0.2, 0) is 4.74 Å². The van der Waals surface area contributed by atoms with Crippen LogP contribution in [0, 0.1) is 40.4 Å². The first-order valence-corrected chi connectivity index (χ1v) is 12.9. The Kier molecular flexibility index (Phi) is 5.24. The predicted octanol–water partition coefficient (Wildman–Crippen LogP) is 5.49. The van der Waals surface area contributed by atoms with Crippen LogP contribution in [0.4, 0.5) is 0 Å². The molecule has 3 nitrogen and oxygen atoms in total. The lowest BCUT2D eigenvalue weighted by molar-refractivity contribution is -0.0581. The summed E-state index contributed by atoms with van der Waals surface area (Å²) in [5.41, 5.74) is 2.15. The second-order valence-electron chi connectivity index (χ2n) is 12.6. The molecule has 4 fully saturated rings. The summed E-state index contributed by atoms with van der Waals surface area (Å²) >= 11 is 0. The van der Waals surface area contributed by atoms with E-state index in [0.29, 0.717) is 16.7 Å². The Labute approximate surface area is 183 Å². The van der Waals surface area contributed by atoms with Crippen molar-refractivity contribution in [1.82, 2.24) is 0 Å². The highest BCUT2D eigenvalue weighted by Crippen LogP contribution is 2.67. The summed E-state index contributed by atoms with van der Waals surface area (Å²) in [4.78, 5) is 0. The van der Waals surface area contributed by atoms with Gasteiger partial charge in [-0.3, -0.25) is 0 Å². The molecule has 0 aromatic rings. The Morgan fingerprint density at radius 1 is 1.07 bits per heavy atom. The van der Waals surface area contributed by atoms with E-state index in [-0.39, 0.29) is 17.8 Å². The van der Waals surface area contributed by atoms with Gasteiger partial charge < -0.3 is 14.9 Å². The zero-order chi connectivity index (χ0) is 21.3. The van der Waals surface area contributed by atoms with E-state index in [2.05, 4.69) is 26.8 Å². The molecule has 170 valence electrons. The van der Waals surface area contributed by atoms with E-state index in [9.17, 15) is 10.2 Å². The van der Waals surface area contributed by atoms with Crippen LogP contribution >= 0.6 is 0 Å². The topological polar surface area (TPSA) is 53.0 Å². The number of rotatable bonds is 5. The lowest BCUT2D eigenvalue weighted by atomic mass is 9.47. The molecule has 10 atom stereocenters. The first-order valence-electron chi connectivity index (χ1n) is 12.9. The van der Waals surface area contributed by atoms with Gasteiger partial charge in [-0.2, -0.15) is 0 Å². The molecule has 1 aliphatic heterocycles. The number of aliphatic hydroxyl groups excluding tert-OH is 2. The molecule has 4 aliphatic carbocycles. The van der Waals surface area contributed by atoms with Crippen molar-refractivity contribution in [2.45, 2.75) is 110 Å². The van der Waals surface area contributed by atoms with Gasteiger partial charge in [0.05, 0.1) is 18.8 Å². The summed E-state index contributed by atoms with van der Waals surface area (Å²) in [5.74, 6) is 4.01. The number of fused-ring (bicyclic) bond motifs is 5. The zero-order valence-corrected chi connectivity index (χ0v) is 19.7. The van der Waals surface area contributed by atoms with Crippen molar-refractivity contribution in [2.75, 3.05) is 6.61 Å². The third-order valence-electron chi connectivity index (χ3n) is 11.0. The van der Waals surface area contributed by atoms with Crippen LogP contribution < -0.4 is 0 Å². The summed E-state index contributed by atoms with van der Waals surface area (Å²) in [5, 5.41) is 20.7. The molecule has 0 bridgehead atoms. The van der Waals surface area contributed by atoms with Gasteiger partial charge in [0.15, 0.2) is 0 Å². The van der Waals surface area contributed by atoms with Crippen molar-refractivity contribution in [3.63, 3.8) is 0 Å². The van der Waals surface area contributed by atoms with Gasteiger partial charge >= 0.3 is 0 Å². The average Bonchev–Trinajstić information content (AvgIpc) is 3.36. The highest BCUT2D eigenvalue weighted by molar-refractivity contribution is 5.25. The van der Waals surface area contributed by atoms with Crippen LogP contribution in [0.5, 0.6) is 0 Å². The van der Waals surface area contributed by atoms with E-state index >= 15 is 0 Å². The van der Waals surface area contributed by atoms with Crippen molar-refractivity contribution in [3.05, 3.63) is 11.6 Å². The van der Waals surface area contributed by atoms with Crippen LogP contribution in [0.1, 0.15) is 91.9 Å². The Morgan fingerprint density at radius 2 is 1.83 bits per heavy atom. The zero-order valence-electron chi connectivity index (χ0n) is 19.7. The molecule has 0 spiro atoms. The molecule has 0 amide bonds. The van der Waals surface area contributed by atoms with E-state index in [1.165, 1.54) is 38.5 Å². The Balaban J connectivity index is 1.29. The Hall–Kier alpha value is -0.380. The first-order chi connectivity index (χ1) is 14.2. The number of hydrogen-bond donors (Lipinski definition) is 2. The highest BCUT2D eigenvalue weighted by atomic mass is 16.6. The molecule has 2 unspecified atom stereocenters. The van der Waals surface area contributed by atoms with Crippen LogP contribution in [0.15, 0.2) is 11.6 Å². The van der Waals surface area contributed by atoms with Crippen LogP contribution in [0.25, 0.3) is 0 Å². The summed E-state index contributed by atoms with van der Waals surface area (Å²) < 4.78 is 5.47. The molecule has 30 heavy (non-hydrogen) atoms. The van der Waals surface area contributed by atoms with E-state index < -0.39 is 0 Å². The van der Waals surface area contributed by atoms with Crippen LogP contribution in [-0.4, -0.2) is 34.6 Å². The van der Waals surface area contributed by atoms with Gasteiger partial charge in [-0.15, -0.1) is 0 Å². The summed E-state index contributed by atoms with van der Waals surface area (Å²) in [6.07, 6.45) is 14.0. The number of epoxide rings is 1. The van der Waals surface area contributed by atoms with Crippen molar-refractivity contribution >= 4 is 0 Å². The number of allylic oxidation sites excluding steroid dienone is 1. The highest BCUT2D eigenvalue weighted by Gasteiger charge is 2.59. The predicted molar refractivity (Wildman–Crippen MR) is 120 cm³/mol. The minimum absolute atomic E-state index is 0.106. The molecule has 0 radical (unpaired) electrons. The van der Waals surface area contributed by atoms with Crippen LogP contribution in [0.3, 0.4) is 0 Å². The third-order valence-corrected chi connectivity index (χ3v) is 11.0. The minimum atomic E-state index is -0.302. The molecule has 5 aliphatic rings. The number of hydrogen-bond acceptors (Lipinski definition) is 3. The molecule has 0 aromatic heterocycles. The lowest BCUT2D eigenvalue weighted by Crippen LogP contribution is -2.50. The molecular formula is C27H44O3. The number of aliphatic hydroxyl groups is 2. The molecule has 5 rings (SSSR count). The summed E-state index contributed by atoms with van der Waals surface area (Å²) in [6.45, 7) is 10.4. The van der Waals surface area contributed by atoms with Gasteiger partial charge in [0, 0.05) is 0 Å². The average molecular weight is 417 g/mol. The molecule has 1 heterocycles. The molecule has 3 saturated carbocycles. The molecule has 2 N–H and O–H groups in total. The third kappa shape index (κ3) is 3.25. The van der Waals surface area contributed by atoms with Gasteiger partial charge in [0.2, 0.25) is 0 Å². The fraction of sp³-hybridized carbons (Fsp3) is 0.926. The molecule has 0 aromatic carbocycles. The van der Waals surface area contributed by atoms with Gasteiger partial charge in [-0.1, -0.05) is 32.4 Å². The smallest absolute Gasteiger partial charge is 0.115 e. The van der Waals surface area contributed by atoms with Gasteiger partial charge in [0.1, 0.15) is 5.60 Å². The minimum Gasteiger partial charge on any atom is -0.393 e. The van der Waals surface area contributed by atoms with E-state index in [1.54, 1.807) is 5.57 Å². The molecular weight excluding hydrogens is 372 g/mol. The maximum atomic E-state index is 10.5. The molecule has 1 saturated heterocycles. The Bertz CT molecular complexity index is 696. The molecule has 3 heteroatoms. The second-order valence-corrected chi connectivity index (χ2v) is 12.6. The van der Waals surface area contributed by atoms with Crippen molar-refractivity contribution in [1.29, 1.82) is 0 Å². The van der Waals surface area contributed by atoms with Crippen molar-refractivity contribution in [2.24, 2.45) is 40.4 Å². The fourth-order valence-corrected chi connectivity index (χ4v) is 8.85. The summed E-state index contributed by atoms with van der Waals surface area (Å²) in [6, 6.07) is 0. The van der Waals surface area contributed by atoms with Gasteiger partial charge in [-0.05, 0) is 112 Å². The standard InChI is InChI=1S/C27H44O3/c1-17(5-10-24(29)27(4)16-30-27)21-8-9-22-20-7-6-18-15-19(28)11-13-25(18,2)23(20)12-14-26(21,22)3/h6,17,19-24,28-29H,5,7-16H2,1-4H3/t17-,19+,20+,21-,22+,23+,24?,25+,26-,27?/m1/s1. The first kappa shape index (κ1) is 21.5. The normalized spacial score (nSPS) is 51.9. The van der Waals surface area contributed by atoms with E-state index in [0.717, 1.165) is 56.0 Å². The summed E-state index contributed by atoms with van der Waals surface area (Å²) in [7, 11) is 0. The maximum Gasteiger partial charge on any atom is 0.115 e. The van der Waals surface area contributed by atoms with E-state index in [4.69, 9.17) is 4.74 Å². The lowest BCUT2D eigenvalue weighted by Gasteiger charge is -2.58. The quantitative estimate of drug-likeness (QED) is 0.460. The second kappa shape index (κ2) is 7.32.